The van der Waals surface area contributed by atoms with Crippen LogP contribution in [0.1, 0.15) is 24.0 Å². The highest BCUT2D eigenvalue weighted by Crippen LogP contribution is 2.06. The Bertz CT molecular complexity index is 247. The van der Waals surface area contributed by atoms with Crippen LogP contribution in [0.3, 0.4) is 0 Å². The van der Waals surface area contributed by atoms with E-state index in [4.69, 9.17) is 5.73 Å². The Morgan fingerprint density at radius 1 is 1.69 bits per heavy atom. The highest BCUT2D eigenvalue weighted by Gasteiger charge is 2.00. The van der Waals surface area contributed by atoms with Gasteiger partial charge in [-0.3, -0.25) is 0 Å². The number of rotatable bonds is 5. The van der Waals surface area contributed by atoms with Crippen LogP contribution in [0.5, 0.6) is 0 Å². The van der Waals surface area contributed by atoms with Crippen LogP contribution in [0.4, 0.5) is 0 Å². The van der Waals surface area contributed by atoms with E-state index in [1.54, 1.807) is 11.3 Å². The van der Waals surface area contributed by atoms with Crippen molar-refractivity contribution in [1.29, 1.82) is 0 Å². The fourth-order valence-corrected chi connectivity index (χ4v) is 1.63. The first-order chi connectivity index (χ1) is 6.22. The molecule has 74 valence electrons. The molecule has 0 spiro atoms. The third-order valence-corrected chi connectivity index (χ3v) is 2.73. The van der Waals surface area contributed by atoms with Gasteiger partial charge in [0, 0.05) is 24.5 Å². The number of nitrogens with two attached hydrogens (primary N) is 1. The zero-order valence-corrected chi connectivity index (χ0v) is 9.03. The summed E-state index contributed by atoms with van der Waals surface area (Å²) in [7, 11) is 0. The van der Waals surface area contributed by atoms with Crippen LogP contribution in [-0.4, -0.2) is 17.6 Å². The lowest BCUT2D eigenvalue weighted by Crippen LogP contribution is -2.32. The van der Waals surface area contributed by atoms with Crippen LogP contribution in [0.2, 0.25) is 0 Å². The van der Waals surface area contributed by atoms with Crippen molar-refractivity contribution < 1.29 is 0 Å². The second kappa shape index (κ2) is 5.32. The molecule has 0 bridgehead atoms. The molecule has 1 heterocycles. The van der Waals surface area contributed by atoms with Crippen molar-refractivity contribution in [2.45, 2.75) is 32.9 Å². The van der Waals surface area contributed by atoms with Crippen molar-refractivity contribution in [1.82, 2.24) is 10.3 Å². The second-order valence-electron chi connectivity index (χ2n) is 3.16. The van der Waals surface area contributed by atoms with Gasteiger partial charge in [-0.05, 0) is 13.3 Å². The van der Waals surface area contributed by atoms with Gasteiger partial charge in [-0.2, -0.15) is 0 Å². The van der Waals surface area contributed by atoms with E-state index in [2.05, 4.69) is 22.6 Å². The number of hydrogen-bond donors (Lipinski definition) is 2. The molecular weight excluding hydrogens is 182 g/mol. The van der Waals surface area contributed by atoms with Gasteiger partial charge in [-0.1, -0.05) is 6.92 Å². The van der Waals surface area contributed by atoms with Crippen molar-refractivity contribution in [3.05, 3.63) is 16.1 Å². The minimum atomic E-state index is 0.264. The van der Waals surface area contributed by atoms with E-state index < -0.39 is 0 Å². The van der Waals surface area contributed by atoms with Gasteiger partial charge in [0.2, 0.25) is 0 Å². The van der Waals surface area contributed by atoms with Crippen molar-refractivity contribution >= 4 is 11.3 Å². The van der Waals surface area contributed by atoms with Crippen LogP contribution in [-0.2, 0) is 6.54 Å². The standard InChI is InChI=1S/C9H17N3S/c1-3-8(10)4-11-5-9-6-13-7(2)12-9/h6,8,11H,3-5,10H2,1-2H3. The third kappa shape index (κ3) is 3.85. The quantitative estimate of drug-likeness (QED) is 0.751. The molecule has 1 aromatic rings. The molecule has 3 nitrogen and oxygen atoms in total. The van der Waals surface area contributed by atoms with Crippen LogP contribution in [0.15, 0.2) is 5.38 Å². The Labute approximate surface area is 83.4 Å². The first-order valence-corrected chi connectivity index (χ1v) is 5.47. The van der Waals surface area contributed by atoms with Gasteiger partial charge < -0.3 is 11.1 Å². The molecule has 13 heavy (non-hydrogen) atoms. The maximum Gasteiger partial charge on any atom is 0.0897 e. The monoisotopic (exact) mass is 199 g/mol. The number of aromatic nitrogens is 1. The summed E-state index contributed by atoms with van der Waals surface area (Å²) in [5, 5.41) is 6.49. The summed E-state index contributed by atoms with van der Waals surface area (Å²) in [5.41, 5.74) is 6.88. The maximum atomic E-state index is 5.76. The molecule has 0 aliphatic heterocycles. The minimum absolute atomic E-state index is 0.264. The molecule has 1 unspecified atom stereocenters. The molecule has 0 aliphatic rings. The van der Waals surface area contributed by atoms with Crippen LogP contribution >= 0.6 is 11.3 Å². The van der Waals surface area contributed by atoms with Gasteiger partial charge in [0.25, 0.3) is 0 Å². The van der Waals surface area contributed by atoms with Crippen molar-refractivity contribution in [2.75, 3.05) is 6.54 Å². The first kappa shape index (κ1) is 10.6. The van der Waals surface area contributed by atoms with Gasteiger partial charge in [0.1, 0.15) is 0 Å². The number of thiazole rings is 1. The molecule has 3 N–H and O–H groups in total. The number of nitrogens with one attached hydrogen (secondary N) is 1. The van der Waals surface area contributed by atoms with Gasteiger partial charge in [0.05, 0.1) is 10.7 Å². The topological polar surface area (TPSA) is 50.9 Å². The predicted octanol–water partition coefficient (Wildman–Crippen LogP) is 1.28. The van der Waals surface area contributed by atoms with E-state index in [0.717, 1.165) is 30.2 Å². The fourth-order valence-electron chi connectivity index (χ4n) is 1.02. The summed E-state index contributed by atoms with van der Waals surface area (Å²) >= 11 is 1.69. The molecule has 1 rings (SSSR count). The van der Waals surface area contributed by atoms with Crippen molar-refractivity contribution in [3.63, 3.8) is 0 Å². The van der Waals surface area contributed by atoms with Gasteiger partial charge >= 0.3 is 0 Å². The lowest BCUT2D eigenvalue weighted by Gasteiger charge is -2.08. The fraction of sp³-hybridized carbons (Fsp3) is 0.667. The molecule has 4 heteroatoms. The summed E-state index contributed by atoms with van der Waals surface area (Å²) < 4.78 is 0. The lowest BCUT2D eigenvalue weighted by molar-refractivity contribution is 0.560. The Morgan fingerprint density at radius 2 is 2.46 bits per heavy atom. The third-order valence-electron chi connectivity index (χ3n) is 1.90. The maximum absolute atomic E-state index is 5.76. The lowest BCUT2D eigenvalue weighted by atomic mass is 10.2. The summed E-state index contributed by atoms with van der Waals surface area (Å²) in [6.45, 7) is 5.82. The average molecular weight is 199 g/mol. The normalized spacial score (nSPS) is 13.2. The van der Waals surface area contributed by atoms with E-state index in [1.165, 1.54) is 0 Å². The molecule has 1 atom stereocenters. The van der Waals surface area contributed by atoms with Gasteiger partial charge in [-0.15, -0.1) is 11.3 Å². The molecule has 0 amide bonds. The van der Waals surface area contributed by atoms with E-state index in [9.17, 15) is 0 Å². The summed E-state index contributed by atoms with van der Waals surface area (Å²) in [6, 6.07) is 0.264. The molecule has 0 aromatic carbocycles. The smallest absolute Gasteiger partial charge is 0.0897 e. The Morgan fingerprint density at radius 3 is 3.00 bits per heavy atom. The van der Waals surface area contributed by atoms with E-state index in [1.807, 2.05) is 6.92 Å². The van der Waals surface area contributed by atoms with E-state index in [-0.39, 0.29) is 6.04 Å². The van der Waals surface area contributed by atoms with Crippen LogP contribution < -0.4 is 11.1 Å². The zero-order valence-electron chi connectivity index (χ0n) is 8.21. The molecule has 0 saturated heterocycles. The van der Waals surface area contributed by atoms with Gasteiger partial charge in [-0.25, -0.2) is 4.98 Å². The summed E-state index contributed by atoms with van der Waals surface area (Å²) in [5.74, 6) is 0. The van der Waals surface area contributed by atoms with E-state index >= 15 is 0 Å². The van der Waals surface area contributed by atoms with Crippen molar-refractivity contribution in [3.8, 4) is 0 Å². The highest BCUT2D eigenvalue weighted by atomic mass is 32.1. The van der Waals surface area contributed by atoms with Crippen molar-refractivity contribution in [2.24, 2.45) is 5.73 Å². The zero-order chi connectivity index (χ0) is 9.68. The molecule has 1 aromatic heterocycles. The van der Waals surface area contributed by atoms with Gasteiger partial charge in [0.15, 0.2) is 0 Å². The first-order valence-electron chi connectivity index (χ1n) is 4.59. The number of hydrogen-bond acceptors (Lipinski definition) is 4. The molecule has 0 radical (unpaired) electrons. The molecule has 0 fully saturated rings. The SMILES string of the molecule is CCC(N)CNCc1csc(C)n1. The molecule has 0 aliphatic carbocycles. The molecule has 0 saturated carbocycles. The van der Waals surface area contributed by atoms with E-state index in [0.29, 0.717) is 0 Å². The molecular formula is C9H17N3S. The van der Waals surface area contributed by atoms with Crippen LogP contribution in [0, 0.1) is 6.92 Å². The minimum Gasteiger partial charge on any atom is -0.327 e. The highest BCUT2D eigenvalue weighted by molar-refractivity contribution is 7.09. The largest absolute Gasteiger partial charge is 0.327 e. The average Bonchev–Trinajstić information content (AvgIpc) is 2.51. The Hall–Kier alpha value is -0.450. The van der Waals surface area contributed by atoms with Crippen LogP contribution in [0.25, 0.3) is 0 Å². The number of nitrogens with zero attached hydrogens (tertiary/aromatic N) is 1. The predicted molar refractivity (Wildman–Crippen MR) is 56.8 cm³/mol. The Kier molecular flexibility index (Phi) is 4.35. The second-order valence-corrected chi connectivity index (χ2v) is 4.22. The number of aryl methyl sites for hydroxylation is 1. The summed E-state index contributed by atoms with van der Waals surface area (Å²) in [4.78, 5) is 4.35. The Balaban J connectivity index is 2.20. The summed E-state index contributed by atoms with van der Waals surface area (Å²) in [6.07, 6.45) is 1.02.